The lowest BCUT2D eigenvalue weighted by Gasteiger charge is -2.05. The van der Waals surface area contributed by atoms with E-state index in [1.54, 1.807) is 6.08 Å². The fourth-order valence-electron chi connectivity index (χ4n) is 2.16. The van der Waals surface area contributed by atoms with Crippen LogP contribution >= 0.6 is 0 Å². The molecule has 2 aliphatic rings. The van der Waals surface area contributed by atoms with Crippen molar-refractivity contribution in [3.63, 3.8) is 0 Å². The van der Waals surface area contributed by atoms with E-state index < -0.39 is 5.78 Å². The highest BCUT2D eigenvalue weighted by Gasteiger charge is 2.29. The van der Waals surface area contributed by atoms with Gasteiger partial charge >= 0.3 is 0 Å². The Labute approximate surface area is 86.9 Å². The van der Waals surface area contributed by atoms with Crippen LogP contribution in [0.25, 0.3) is 5.57 Å². The van der Waals surface area contributed by atoms with Crippen LogP contribution in [0.4, 0.5) is 0 Å². The van der Waals surface area contributed by atoms with Crippen LogP contribution in [0.1, 0.15) is 11.1 Å². The highest BCUT2D eigenvalue weighted by Crippen LogP contribution is 2.35. The summed E-state index contributed by atoms with van der Waals surface area (Å²) in [6, 6.07) is 7.89. The summed E-state index contributed by atoms with van der Waals surface area (Å²) in [6.45, 7) is 0. The molecule has 0 aliphatic heterocycles. The third-order valence-electron chi connectivity index (χ3n) is 2.90. The first-order valence-electron chi connectivity index (χ1n) is 4.85. The van der Waals surface area contributed by atoms with Crippen molar-refractivity contribution in [2.24, 2.45) is 0 Å². The predicted molar refractivity (Wildman–Crippen MR) is 56.2 cm³/mol. The normalized spacial score (nSPS) is 18.1. The van der Waals surface area contributed by atoms with Gasteiger partial charge in [0.1, 0.15) is 0 Å². The number of hydrogen-bond acceptors (Lipinski definition) is 2. The average molecular weight is 196 g/mol. The molecule has 0 N–H and O–H groups in total. The summed E-state index contributed by atoms with van der Waals surface area (Å²) < 4.78 is 0. The van der Waals surface area contributed by atoms with Crippen molar-refractivity contribution in [3.05, 3.63) is 53.1 Å². The molecule has 0 unspecified atom stereocenters. The Morgan fingerprint density at radius 2 is 1.80 bits per heavy atom. The van der Waals surface area contributed by atoms with Gasteiger partial charge in [-0.15, -0.1) is 0 Å². The fourth-order valence-corrected chi connectivity index (χ4v) is 2.16. The Balaban J connectivity index is 2.21. The maximum atomic E-state index is 11.6. The van der Waals surface area contributed by atoms with Crippen molar-refractivity contribution in [3.8, 4) is 0 Å². The number of benzene rings is 1. The highest BCUT2D eigenvalue weighted by molar-refractivity contribution is 6.50. The van der Waals surface area contributed by atoms with E-state index >= 15 is 0 Å². The lowest BCUT2D eigenvalue weighted by Crippen LogP contribution is -2.17. The summed E-state index contributed by atoms with van der Waals surface area (Å²) >= 11 is 0. The minimum absolute atomic E-state index is 0.344. The maximum absolute atomic E-state index is 11.6. The third kappa shape index (κ3) is 1.05. The van der Waals surface area contributed by atoms with Gasteiger partial charge in [0.25, 0.3) is 0 Å². The molecule has 1 aromatic carbocycles. The first kappa shape index (κ1) is 8.36. The van der Waals surface area contributed by atoms with Crippen molar-refractivity contribution in [1.82, 2.24) is 0 Å². The molecule has 72 valence electrons. The molecule has 0 radical (unpaired) electrons. The summed E-state index contributed by atoms with van der Waals surface area (Å²) in [5.41, 5.74) is 3.80. The summed E-state index contributed by atoms with van der Waals surface area (Å²) in [6.07, 6.45) is 3.72. The number of ketones is 2. The number of allylic oxidation sites excluding steroid dienone is 4. The summed E-state index contributed by atoms with van der Waals surface area (Å²) in [7, 11) is 0. The topological polar surface area (TPSA) is 34.1 Å². The molecule has 0 aromatic heterocycles. The molecule has 2 nitrogen and oxygen atoms in total. The van der Waals surface area contributed by atoms with Crippen LogP contribution in [0.15, 0.2) is 42.0 Å². The van der Waals surface area contributed by atoms with Gasteiger partial charge in [0.2, 0.25) is 11.6 Å². The van der Waals surface area contributed by atoms with Crippen LogP contribution in [-0.2, 0) is 16.0 Å². The van der Waals surface area contributed by atoms with Crippen LogP contribution in [0.3, 0.4) is 0 Å². The lowest BCUT2D eigenvalue weighted by atomic mass is 9.96. The Morgan fingerprint density at radius 1 is 1.00 bits per heavy atom. The molecule has 0 saturated heterocycles. The van der Waals surface area contributed by atoms with Crippen LogP contribution in [0, 0.1) is 0 Å². The Bertz CT molecular complexity index is 547. The molecular weight excluding hydrogens is 188 g/mol. The van der Waals surface area contributed by atoms with E-state index in [0.29, 0.717) is 12.0 Å². The van der Waals surface area contributed by atoms with Gasteiger partial charge in [-0.1, -0.05) is 24.3 Å². The number of Topliss-reactive ketones (excluding diaryl/α,β-unsaturated/α-hetero) is 1. The Hall–Kier alpha value is -1.96. The van der Waals surface area contributed by atoms with Crippen LogP contribution in [-0.4, -0.2) is 11.6 Å². The van der Waals surface area contributed by atoms with Gasteiger partial charge in [0, 0.05) is 12.0 Å². The van der Waals surface area contributed by atoms with Crippen molar-refractivity contribution < 1.29 is 9.59 Å². The van der Waals surface area contributed by atoms with Gasteiger partial charge in [0.15, 0.2) is 0 Å². The number of hydrogen-bond donors (Lipinski definition) is 0. The SMILES string of the molecule is O=C1C=CC2=C(Cc3ccccc32)C1=O. The quantitative estimate of drug-likeness (QED) is 0.467. The van der Waals surface area contributed by atoms with Crippen molar-refractivity contribution in [2.75, 3.05) is 0 Å². The standard InChI is InChI=1S/C13H8O2/c14-12-6-5-10-9-4-2-1-3-8(9)7-11(10)13(12)15/h1-6H,7H2. The summed E-state index contributed by atoms with van der Waals surface area (Å²) in [4.78, 5) is 22.8. The number of fused-ring (bicyclic) bond motifs is 2. The zero-order chi connectivity index (χ0) is 10.4. The van der Waals surface area contributed by atoms with E-state index in [4.69, 9.17) is 0 Å². The van der Waals surface area contributed by atoms with Gasteiger partial charge in [0.05, 0.1) is 0 Å². The van der Waals surface area contributed by atoms with Gasteiger partial charge in [-0.05, 0) is 28.9 Å². The zero-order valence-electron chi connectivity index (χ0n) is 7.99. The average Bonchev–Trinajstić information content (AvgIpc) is 2.63. The zero-order valence-corrected chi connectivity index (χ0v) is 7.99. The molecule has 0 fully saturated rings. The van der Waals surface area contributed by atoms with E-state index in [2.05, 4.69) is 0 Å². The largest absolute Gasteiger partial charge is 0.286 e. The fraction of sp³-hybridized carbons (Fsp3) is 0.0769. The second-order valence-electron chi connectivity index (χ2n) is 3.75. The predicted octanol–water partition coefficient (Wildman–Crippen LogP) is 1.70. The molecule has 0 amide bonds. The van der Waals surface area contributed by atoms with Crippen molar-refractivity contribution in [2.45, 2.75) is 6.42 Å². The molecule has 2 aliphatic carbocycles. The first-order chi connectivity index (χ1) is 7.27. The van der Waals surface area contributed by atoms with Gasteiger partial charge in [-0.2, -0.15) is 0 Å². The lowest BCUT2D eigenvalue weighted by molar-refractivity contribution is -0.131. The van der Waals surface area contributed by atoms with Crippen LogP contribution in [0.2, 0.25) is 0 Å². The second-order valence-corrected chi connectivity index (χ2v) is 3.75. The third-order valence-corrected chi connectivity index (χ3v) is 2.90. The van der Waals surface area contributed by atoms with Crippen molar-refractivity contribution >= 4 is 17.1 Å². The molecule has 15 heavy (non-hydrogen) atoms. The second kappa shape index (κ2) is 2.76. The van der Waals surface area contributed by atoms with Crippen molar-refractivity contribution in [1.29, 1.82) is 0 Å². The number of carbonyl (C=O) groups excluding carboxylic acids is 2. The molecule has 0 atom stereocenters. The number of carbonyl (C=O) groups is 2. The summed E-state index contributed by atoms with van der Waals surface area (Å²) in [5.74, 6) is -0.745. The monoisotopic (exact) mass is 196 g/mol. The van der Waals surface area contributed by atoms with Gasteiger partial charge < -0.3 is 0 Å². The minimum Gasteiger partial charge on any atom is -0.286 e. The van der Waals surface area contributed by atoms with Gasteiger partial charge in [-0.3, -0.25) is 9.59 Å². The molecule has 0 heterocycles. The molecule has 2 heteroatoms. The highest BCUT2D eigenvalue weighted by atomic mass is 16.2. The maximum Gasteiger partial charge on any atom is 0.229 e. The molecule has 0 saturated carbocycles. The van der Waals surface area contributed by atoms with E-state index in [0.717, 1.165) is 16.7 Å². The first-order valence-corrected chi connectivity index (χ1v) is 4.85. The molecule has 0 bridgehead atoms. The number of rotatable bonds is 0. The summed E-state index contributed by atoms with van der Waals surface area (Å²) in [5, 5.41) is 0. The smallest absolute Gasteiger partial charge is 0.229 e. The molecule has 1 aromatic rings. The minimum atomic E-state index is -0.401. The van der Waals surface area contributed by atoms with E-state index in [1.807, 2.05) is 24.3 Å². The Kier molecular flexibility index (Phi) is 1.54. The van der Waals surface area contributed by atoms with Crippen LogP contribution < -0.4 is 0 Å². The Morgan fingerprint density at radius 3 is 2.67 bits per heavy atom. The van der Waals surface area contributed by atoms with Gasteiger partial charge in [-0.25, -0.2) is 0 Å². The van der Waals surface area contributed by atoms with E-state index in [-0.39, 0.29) is 5.78 Å². The van der Waals surface area contributed by atoms with E-state index in [1.165, 1.54) is 6.08 Å². The molecule has 3 rings (SSSR count). The molecule has 0 spiro atoms. The molecular formula is C13H8O2. The van der Waals surface area contributed by atoms with Crippen LogP contribution in [0.5, 0.6) is 0 Å². The van der Waals surface area contributed by atoms with E-state index in [9.17, 15) is 9.59 Å².